The molecule has 7 heteroatoms. The van der Waals surface area contributed by atoms with Crippen LogP contribution in [0.4, 0.5) is 13.2 Å². The zero-order valence-corrected chi connectivity index (χ0v) is 10.3. The number of hydrogen-bond donors (Lipinski definition) is 0. The fourth-order valence-corrected chi connectivity index (χ4v) is 1.51. The minimum absolute atomic E-state index is 0.0329. The average molecular weight is 282 g/mol. The molecule has 4 nitrogen and oxygen atoms in total. The number of halogens is 3. The maximum absolute atomic E-state index is 12.4. The van der Waals surface area contributed by atoms with Gasteiger partial charge in [-0.25, -0.2) is 0 Å². The zero-order chi connectivity index (χ0) is 14.8. The van der Waals surface area contributed by atoms with Crippen LogP contribution in [0, 0.1) is 0 Å². The molecule has 0 aliphatic rings. The van der Waals surface area contributed by atoms with Gasteiger partial charge in [0.25, 0.3) is 0 Å². The summed E-state index contributed by atoms with van der Waals surface area (Å²) in [5.74, 6) is -0.261. The standard InChI is InChI=1S/C13H9F3N2O2/c1-20-11-7-6-10(17-18-11)12(19)8-2-4-9(5-3-8)13(14,15)16/h2-7H,1H3. The van der Waals surface area contributed by atoms with E-state index in [1.807, 2.05) is 0 Å². The molecular weight excluding hydrogens is 273 g/mol. The van der Waals surface area contributed by atoms with E-state index in [1.165, 1.54) is 19.2 Å². The first kappa shape index (κ1) is 14.0. The van der Waals surface area contributed by atoms with Crippen molar-refractivity contribution in [3.8, 4) is 5.88 Å². The Kier molecular flexibility index (Phi) is 3.69. The van der Waals surface area contributed by atoms with E-state index in [4.69, 9.17) is 4.74 Å². The first-order valence-electron chi connectivity index (χ1n) is 5.51. The second-order valence-corrected chi connectivity index (χ2v) is 3.87. The van der Waals surface area contributed by atoms with E-state index in [2.05, 4.69) is 10.2 Å². The highest BCUT2D eigenvalue weighted by Gasteiger charge is 2.30. The number of nitrogens with zero attached hydrogens (tertiary/aromatic N) is 2. The van der Waals surface area contributed by atoms with Crippen molar-refractivity contribution in [2.45, 2.75) is 6.18 Å². The van der Waals surface area contributed by atoms with Gasteiger partial charge in [-0.05, 0) is 18.2 Å². The van der Waals surface area contributed by atoms with Crippen molar-refractivity contribution in [2.75, 3.05) is 7.11 Å². The summed E-state index contributed by atoms with van der Waals surface area (Å²) in [4.78, 5) is 12.0. The van der Waals surface area contributed by atoms with Crippen LogP contribution in [0.15, 0.2) is 36.4 Å². The van der Waals surface area contributed by atoms with Crippen molar-refractivity contribution in [3.63, 3.8) is 0 Å². The van der Waals surface area contributed by atoms with E-state index in [9.17, 15) is 18.0 Å². The van der Waals surface area contributed by atoms with Crippen molar-refractivity contribution in [2.24, 2.45) is 0 Å². The molecule has 2 aromatic rings. The van der Waals surface area contributed by atoms with Crippen molar-refractivity contribution in [3.05, 3.63) is 53.2 Å². The lowest BCUT2D eigenvalue weighted by molar-refractivity contribution is -0.137. The normalized spacial score (nSPS) is 11.2. The lowest BCUT2D eigenvalue weighted by Gasteiger charge is -2.07. The molecule has 0 aliphatic carbocycles. The monoisotopic (exact) mass is 282 g/mol. The minimum atomic E-state index is -4.43. The summed E-state index contributed by atoms with van der Waals surface area (Å²) in [6.45, 7) is 0. The highest BCUT2D eigenvalue weighted by molar-refractivity contribution is 6.07. The quantitative estimate of drug-likeness (QED) is 0.812. The molecule has 0 unspecified atom stereocenters. The Balaban J connectivity index is 2.24. The number of ketones is 1. The number of ether oxygens (including phenoxy) is 1. The number of methoxy groups -OCH3 is 1. The molecule has 0 radical (unpaired) electrons. The fourth-order valence-electron chi connectivity index (χ4n) is 1.51. The van der Waals surface area contributed by atoms with E-state index in [-0.39, 0.29) is 17.1 Å². The van der Waals surface area contributed by atoms with Crippen LogP contribution >= 0.6 is 0 Å². The van der Waals surface area contributed by atoms with E-state index < -0.39 is 17.5 Å². The van der Waals surface area contributed by atoms with Gasteiger partial charge in [-0.2, -0.15) is 13.2 Å². The van der Waals surface area contributed by atoms with Gasteiger partial charge in [-0.1, -0.05) is 12.1 Å². The summed E-state index contributed by atoms with van der Waals surface area (Å²) in [5, 5.41) is 7.28. The second-order valence-electron chi connectivity index (χ2n) is 3.87. The molecule has 1 aromatic carbocycles. The Bertz CT molecular complexity index is 607. The molecule has 0 amide bonds. The van der Waals surface area contributed by atoms with Crippen LogP contribution in [0.5, 0.6) is 5.88 Å². The molecule has 0 fully saturated rings. The summed E-state index contributed by atoms with van der Waals surface area (Å²) in [6.07, 6.45) is -4.43. The molecule has 104 valence electrons. The first-order chi connectivity index (χ1) is 9.41. The number of carbonyl (C=O) groups is 1. The van der Waals surface area contributed by atoms with E-state index in [1.54, 1.807) is 0 Å². The molecule has 0 saturated carbocycles. The van der Waals surface area contributed by atoms with Crippen molar-refractivity contribution >= 4 is 5.78 Å². The molecule has 0 N–H and O–H groups in total. The van der Waals surface area contributed by atoms with Gasteiger partial charge in [0.15, 0.2) is 0 Å². The zero-order valence-electron chi connectivity index (χ0n) is 10.3. The Morgan fingerprint density at radius 1 is 1.05 bits per heavy atom. The van der Waals surface area contributed by atoms with E-state index in [0.29, 0.717) is 0 Å². The van der Waals surface area contributed by atoms with Gasteiger partial charge in [0.2, 0.25) is 11.7 Å². The molecule has 2 rings (SSSR count). The number of aromatic nitrogens is 2. The Morgan fingerprint density at radius 2 is 1.70 bits per heavy atom. The molecule has 0 aliphatic heterocycles. The highest BCUT2D eigenvalue weighted by Crippen LogP contribution is 2.29. The minimum Gasteiger partial charge on any atom is -0.480 e. The first-order valence-corrected chi connectivity index (χ1v) is 5.51. The highest BCUT2D eigenvalue weighted by atomic mass is 19.4. The van der Waals surface area contributed by atoms with Crippen LogP contribution in [0.3, 0.4) is 0 Å². The van der Waals surface area contributed by atoms with Crippen LogP contribution in [0.25, 0.3) is 0 Å². The van der Waals surface area contributed by atoms with E-state index in [0.717, 1.165) is 24.3 Å². The maximum Gasteiger partial charge on any atom is 0.416 e. The molecule has 0 saturated heterocycles. The molecule has 1 heterocycles. The Morgan fingerprint density at radius 3 is 2.15 bits per heavy atom. The van der Waals surface area contributed by atoms with Gasteiger partial charge in [0.1, 0.15) is 5.69 Å². The van der Waals surface area contributed by atoms with Gasteiger partial charge in [0, 0.05) is 11.6 Å². The van der Waals surface area contributed by atoms with Gasteiger partial charge < -0.3 is 4.74 Å². The van der Waals surface area contributed by atoms with Crippen LogP contribution in [0.2, 0.25) is 0 Å². The van der Waals surface area contributed by atoms with E-state index >= 15 is 0 Å². The number of rotatable bonds is 3. The summed E-state index contributed by atoms with van der Waals surface area (Å²) in [5.41, 5.74) is -0.669. The second kappa shape index (κ2) is 5.28. The predicted molar refractivity (Wildman–Crippen MR) is 63.5 cm³/mol. The predicted octanol–water partition coefficient (Wildman–Crippen LogP) is 2.74. The molecular formula is C13H9F3N2O2. The molecule has 20 heavy (non-hydrogen) atoms. The number of benzene rings is 1. The number of hydrogen-bond acceptors (Lipinski definition) is 4. The third-order valence-corrected chi connectivity index (χ3v) is 2.56. The van der Waals surface area contributed by atoms with Crippen LogP contribution in [-0.4, -0.2) is 23.1 Å². The lowest BCUT2D eigenvalue weighted by atomic mass is 10.1. The molecule has 0 bridgehead atoms. The average Bonchev–Trinajstić information content (AvgIpc) is 2.46. The third kappa shape index (κ3) is 2.93. The van der Waals surface area contributed by atoms with Gasteiger partial charge in [-0.3, -0.25) is 4.79 Å². The third-order valence-electron chi connectivity index (χ3n) is 2.56. The topological polar surface area (TPSA) is 52.1 Å². The SMILES string of the molecule is COc1ccc(C(=O)c2ccc(C(F)(F)F)cc2)nn1. The smallest absolute Gasteiger partial charge is 0.416 e. The Hall–Kier alpha value is -2.44. The molecule has 1 aromatic heterocycles. The molecule has 0 atom stereocenters. The van der Waals surface area contributed by atoms with Crippen LogP contribution in [-0.2, 0) is 6.18 Å². The Labute approximate surface area is 112 Å². The summed E-state index contributed by atoms with van der Waals surface area (Å²) in [7, 11) is 1.40. The van der Waals surface area contributed by atoms with Gasteiger partial charge in [0.05, 0.1) is 12.7 Å². The van der Waals surface area contributed by atoms with Crippen LogP contribution in [0.1, 0.15) is 21.6 Å². The van der Waals surface area contributed by atoms with Crippen molar-refractivity contribution in [1.82, 2.24) is 10.2 Å². The summed E-state index contributed by atoms with van der Waals surface area (Å²) < 4.78 is 42.0. The van der Waals surface area contributed by atoms with Gasteiger partial charge >= 0.3 is 6.18 Å². The number of carbonyl (C=O) groups excluding carboxylic acids is 1. The fraction of sp³-hybridized carbons (Fsp3) is 0.154. The van der Waals surface area contributed by atoms with Crippen molar-refractivity contribution < 1.29 is 22.7 Å². The molecule has 0 spiro atoms. The van der Waals surface area contributed by atoms with Crippen LogP contribution < -0.4 is 4.74 Å². The maximum atomic E-state index is 12.4. The largest absolute Gasteiger partial charge is 0.480 e. The van der Waals surface area contributed by atoms with Crippen molar-refractivity contribution in [1.29, 1.82) is 0 Å². The van der Waals surface area contributed by atoms with Gasteiger partial charge in [-0.15, -0.1) is 10.2 Å². The lowest BCUT2D eigenvalue weighted by Crippen LogP contribution is -2.08. The summed E-state index contributed by atoms with van der Waals surface area (Å²) in [6, 6.07) is 6.76. The summed E-state index contributed by atoms with van der Waals surface area (Å²) >= 11 is 0. The number of alkyl halides is 3.